The highest BCUT2D eigenvalue weighted by molar-refractivity contribution is 5.24. The third kappa shape index (κ3) is 4.30. The predicted molar refractivity (Wildman–Crippen MR) is 81.8 cm³/mol. The van der Waals surface area contributed by atoms with Gasteiger partial charge in [-0.3, -0.25) is 0 Å². The zero-order valence-corrected chi connectivity index (χ0v) is 12.7. The van der Waals surface area contributed by atoms with Crippen LogP contribution in [-0.4, -0.2) is 25.9 Å². The maximum Gasteiger partial charge on any atom is 0.0720 e. The van der Waals surface area contributed by atoms with Crippen molar-refractivity contribution in [3.63, 3.8) is 0 Å². The van der Waals surface area contributed by atoms with Crippen LogP contribution in [-0.2, 0) is 16.1 Å². The zero-order chi connectivity index (χ0) is 14.4. The van der Waals surface area contributed by atoms with Gasteiger partial charge in [0.1, 0.15) is 0 Å². The summed E-state index contributed by atoms with van der Waals surface area (Å²) in [6.45, 7) is 3.53. The van der Waals surface area contributed by atoms with E-state index in [1.54, 1.807) is 7.11 Å². The second-order valence-electron chi connectivity index (χ2n) is 5.84. The lowest BCUT2D eigenvalue weighted by molar-refractivity contribution is -0.0363. The van der Waals surface area contributed by atoms with E-state index in [1.165, 1.54) is 24.0 Å². The monoisotopic (exact) mass is 277 g/mol. The molecule has 0 aromatic heterocycles. The first-order chi connectivity index (χ1) is 9.72. The first kappa shape index (κ1) is 15.5. The van der Waals surface area contributed by atoms with Crippen LogP contribution in [0.1, 0.15) is 49.7 Å². The van der Waals surface area contributed by atoms with Crippen molar-refractivity contribution in [3.8, 4) is 0 Å². The van der Waals surface area contributed by atoms with Crippen LogP contribution in [0.5, 0.6) is 0 Å². The van der Waals surface area contributed by atoms with Gasteiger partial charge in [-0.05, 0) is 49.3 Å². The van der Waals surface area contributed by atoms with Crippen molar-refractivity contribution in [2.24, 2.45) is 5.73 Å². The van der Waals surface area contributed by atoms with Crippen LogP contribution in [0.25, 0.3) is 0 Å². The second kappa shape index (κ2) is 7.77. The molecule has 3 nitrogen and oxygen atoms in total. The Hall–Kier alpha value is -0.900. The summed E-state index contributed by atoms with van der Waals surface area (Å²) in [5.74, 6) is 0.422. The van der Waals surface area contributed by atoms with Crippen LogP contribution in [0.3, 0.4) is 0 Å². The normalized spacial score (nSPS) is 24.6. The van der Waals surface area contributed by atoms with E-state index in [9.17, 15) is 0 Å². The van der Waals surface area contributed by atoms with E-state index in [1.807, 2.05) is 0 Å². The van der Waals surface area contributed by atoms with Gasteiger partial charge in [-0.25, -0.2) is 0 Å². The van der Waals surface area contributed by atoms with E-state index in [0.717, 1.165) is 12.8 Å². The molecule has 2 rings (SSSR count). The van der Waals surface area contributed by atoms with Gasteiger partial charge in [0.25, 0.3) is 0 Å². The molecule has 0 aliphatic heterocycles. The van der Waals surface area contributed by atoms with Crippen LogP contribution in [0, 0.1) is 0 Å². The zero-order valence-electron chi connectivity index (χ0n) is 12.7. The lowest BCUT2D eigenvalue weighted by Crippen LogP contribution is -2.27. The molecule has 0 amide bonds. The maximum absolute atomic E-state index is 6.02. The SMILES string of the molecule is COC1CCCC(OCc2ccc(C(C)CN)cc2)C1. The average molecular weight is 277 g/mol. The smallest absolute Gasteiger partial charge is 0.0720 e. The predicted octanol–water partition coefficient (Wildman–Crippen LogP) is 3.22. The number of methoxy groups -OCH3 is 1. The number of hydrogen-bond donors (Lipinski definition) is 1. The second-order valence-corrected chi connectivity index (χ2v) is 5.84. The summed E-state index contributed by atoms with van der Waals surface area (Å²) in [6, 6.07) is 8.63. The fraction of sp³-hybridized carbons (Fsp3) is 0.647. The standard InChI is InChI=1S/C17H27NO2/c1-13(11-18)15-8-6-14(7-9-15)12-20-17-5-3-4-16(10-17)19-2/h6-9,13,16-17H,3-5,10-12,18H2,1-2H3. The van der Waals surface area contributed by atoms with Crippen molar-refractivity contribution in [1.29, 1.82) is 0 Å². The Kier molecular flexibility index (Phi) is 6.02. The van der Waals surface area contributed by atoms with Gasteiger partial charge in [-0.1, -0.05) is 31.2 Å². The summed E-state index contributed by atoms with van der Waals surface area (Å²) in [7, 11) is 1.80. The van der Waals surface area contributed by atoms with E-state index in [-0.39, 0.29) is 0 Å². The van der Waals surface area contributed by atoms with Gasteiger partial charge in [0, 0.05) is 7.11 Å². The van der Waals surface area contributed by atoms with E-state index >= 15 is 0 Å². The molecule has 0 saturated heterocycles. The third-order valence-corrected chi connectivity index (χ3v) is 4.30. The van der Waals surface area contributed by atoms with Crippen LogP contribution in [0.2, 0.25) is 0 Å². The Bertz CT molecular complexity index is 390. The van der Waals surface area contributed by atoms with Crippen LogP contribution < -0.4 is 5.73 Å². The van der Waals surface area contributed by atoms with Crippen LogP contribution in [0.4, 0.5) is 0 Å². The van der Waals surface area contributed by atoms with E-state index in [0.29, 0.717) is 31.3 Å². The first-order valence-corrected chi connectivity index (χ1v) is 7.66. The lowest BCUT2D eigenvalue weighted by atomic mass is 9.95. The molecule has 0 radical (unpaired) electrons. The van der Waals surface area contributed by atoms with Crippen molar-refractivity contribution in [1.82, 2.24) is 0 Å². The minimum absolute atomic E-state index is 0.344. The molecule has 3 unspecified atom stereocenters. The number of nitrogens with two attached hydrogens (primary N) is 1. The van der Waals surface area contributed by atoms with Gasteiger partial charge in [0.2, 0.25) is 0 Å². The molecular weight excluding hydrogens is 250 g/mol. The third-order valence-electron chi connectivity index (χ3n) is 4.30. The van der Waals surface area contributed by atoms with Crippen LogP contribution >= 0.6 is 0 Å². The quantitative estimate of drug-likeness (QED) is 0.868. The molecule has 0 heterocycles. The van der Waals surface area contributed by atoms with Gasteiger partial charge in [-0.15, -0.1) is 0 Å². The number of benzene rings is 1. The number of hydrogen-bond acceptors (Lipinski definition) is 3. The van der Waals surface area contributed by atoms with E-state index < -0.39 is 0 Å². The lowest BCUT2D eigenvalue weighted by Gasteiger charge is -2.28. The molecule has 3 heteroatoms. The fourth-order valence-electron chi connectivity index (χ4n) is 2.76. The molecule has 20 heavy (non-hydrogen) atoms. The van der Waals surface area contributed by atoms with Crippen molar-refractivity contribution in [2.45, 2.75) is 57.3 Å². The number of ether oxygens (including phenoxy) is 2. The van der Waals surface area contributed by atoms with Gasteiger partial charge in [0.05, 0.1) is 18.8 Å². The molecule has 1 saturated carbocycles. The minimum atomic E-state index is 0.344. The summed E-state index contributed by atoms with van der Waals surface area (Å²) in [5.41, 5.74) is 8.22. The van der Waals surface area contributed by atoms with Crippen molar-refractivity contribution in [3.05, 3.63) is 35.4 Å². The Balaban J connectivity index is 1.81. The molecule has 1 aromatic carbocycles. The molecule has 1 aliphatic carbocycles. The molecule has 2 N–H and O–H groups in total. The summed E-state index contributed by atoms with van der Waals surface area (Å²) < 4.78 is 11.5. The highest BCUT2D eigenvalue weighted by atomic mass is 16.5. The average Bonchev–Trinajstić information content (AvgIpc) is 2.53. The Morgan fingerprint density at radius 3 is 2.55 bits per heavy atom. The summed E-state index contributed by atoms with van der Waals surface area (Å²) >= 11 is 0. The van der Waals surface area contributed by atoms with Gasteiger partial charge in [0.15, 0.2) is 0 Å². The molecule has 1 fully saturated rings. The summed E-state index contributed by atoms with van der Waals surface area (Å²) in [5, 5.41) is 0. The van der Waals surface area contributed by atoms with Crippen molar-refractivity contribution >= 4 is 0 Å². The molecular formula is C17H27NO2. The Morgan fingerprint density at radius 1 is 1.20 bits per heavy atom. The first-order valence-electron chi connectivity index (χ1n) is 7.66. The Morgan fingerprint density at radius 2 is 1.90 bits per heavy atom. The molecule has 112 valence electrons. The maximum atomic E-state index is 6.02. The summed E-state index contributed by atoms with van der Waals surface area (Å²) in [4.78, 5) is 0. The van der Waals surface area contributed by atoms with Crippen LogP contribution in [0.15, 0.2) is 24.3 Å². The molecule has 1 aromatic rings. The molecule has 0 spiro atoms. The van der Waals surface area contributed by atoms with Gasteiger partial charge >= 0.3 is 0 Å². The highest BCUT2D eigenvalue weighted by Gasteiger charge is 2.22. The number of rotatable bonds is 6. The highest BCUT2D eigenvalue weighted by Crippen LogP contribution is 2.24. The fourth-order valence-corrected chi connectivity index (χ4v) is 2.76. The molecule has 0 bridgehead atoms. The van der Waals surface area contributed by atoms with E-state index in [2.05, 4.69) is 31.2 Å². The largest absolute Gasteiger partial charge is 0.381 e. The van der Waals surface area contributed by atoms with E-state index in [4.69, 9.17) is 15.2 Å². The van der Waals surface area contributed by atoms with Crippen molar-refractivity contribution in [2.75, 3.05) is 13.7 Å². The van der Waals surface area contributed by atoms with Gasteiger partial charge in [-0.2, -0.15) is 0 Å². The molecule has 1 aliphatic rings. The Labute approximate surface area is 122 Å². The van der Waals surface area contributed by atoms with Gasteiger partial charge < -0.3 is 15.2 Å². The minimum Gasteiger partial charge on any atom is -0.381 e. The topological polar surface area (TPSA) is 44.5 Å². The van der Waals surface area contributed by atoms with Crippen molar-refractivity contribution < 1.29 is 9.47 Å². The molecule has 3 atom stereocenters. The summed E-state index contributed by atoms with van der Waals surface area (Å²) in [6.07, 6.45) is 5.27.